The molecule has 0 aromatic rings. The summed E-state index contributed by atoms with van der Waals surface area (Å²) in [5.74, 6) is 0.112. The van der Waals surface area contributed by atoms with Gasteiger partial charge in [-0.3, -0.25) is 4.79 Å². The fraction of sp³-hybridized carbons (Fsp3) is 0.923. The van der Waals surface area contributed by atoms with E-state index in [9.17, 15) is 9.90 Å². The Kier molecular flexibility index (Phi) is 7.21. The van der Waals surface area contributed by atoms with Gasteiger partial charge in [-0.05, 0) is 38.6 Å². The number of hydrogen-bond acceptors (Lipinski definition) is 3. The van der Waals surface area contributed by atoms with Crippen molar-refractivity contribution < 1.29 is 9.90 Å². The zero-order chi connectivity index (χ0) is 12.5. The van der Waals surface area contributed by atoms with Crippen LogP contribution in [0.4, 0.5) is 0 Å². The molecule has 2 unspecified atom stereocenters. The quantitative estimate of drug-likeness (QED) is 0.628. The normalized spacial score (nSPS) is 22.1. The van der Waals surface area contributed by atoms with Crippen LogP contribution < -0.4 is 10.6 Å². The van der Waals surface area contributed by atoms with Crippen LogP contribution in [-0.4, -0.2) is 36.2 Å². The molecule has 100 valence electrons. The van der Waals surface area contributed by atoms with Gasteiger partial charge in [0.2, 0.25) is 5.91 Å². The molecule has 0 spiro atoms. The third kappa shape index (κ3) is 6.64. The molecule has 1 fully saturated rings. The van der Waals surface area contributed by atoms with Crippen molar-refractivity contribution in [2.75, 3.05) is 13.1 Å². The lowest BCUT2D eigenvalue weighted by Crippen LogP contribution is -2.35. The van der Waals surface area contributed by atoms with Crippen LogP contribution in [0, 0.1) is 0 Å². The van der Waals surface area contributed by atoms with Gasteiger partial charge < -0.3 is 15.7 Å². The number of hydrogen-bond donors (Lipinski definition) is 3. The lowest BCUT2D eigenvalue weighted by atomic mass is 10.0. The highest BCUT2D eigenvalue weighted by Gasteiger charge is 2.13. The van der Waals surface area contributed by atoms with Gasteiger partial charge in [0.15, 0.2) is 0 Å². The SMILES string of the molecule is CCC(O)CCNC(=O)CCC1CCCCN1. The minimum absolute atomic E-state index is 0.112. The second-order valence-electron chi connectivity index (χ2n) is 4.89. The monoisotopic (exact) mass is 242 g/mol. The topological polar surface area (TPSA) is 61.4 Å². The average Bonchev–Trinajstić information content (AvgIpc) is 2.37. The maximum absolute atomic E-state index is 11.5. The van der Waals surface area contributed by atoms with Gasteiger partial charge in [-0.25, -0.2) is 0 Å². The summed E-state index contributed by atoms with van der Waals surface area (Å²) in [5, 5.41) is 15.6. The third-order valence-electron chi connectivity index (χ3n) is 3.40. The molecular weight excluding hydrogens is 216 g/mol. The van der Waals surface area contributed by atoms with Gasteiger partial charge in [0.05, 0.1) is 6.10 Å². The standard InChI is InChI=1S/C13H26N2O2/c1-2-12(16)8-10-15-13(17)7-6-11-5-3-4-9-14-11/h11-12,14,16H,2-10H2,1H3,(H,15,17). The van der Waals surface area contributed by atoms with Crippen molar-refractivity contribution in [1.29, 1.82) is 0 Å². The van der Waals surface area contributed by atoms with Crippen LogP contribution >= 0.6 is 0 Å². The van der Waals surface area contributed by atoms with Crippen molar-refractivity contribution >= 4 is 5.91 Å². The summed E-state index contributed by atoms with van der Waals surface area (Å²) in [5.41, 5.74) is 0. The molecule has 0 aliphatic carbocycles. The molecule has 1 saturated heterocycles. The van der Waals surface area contributed by atoms with E-state index in [2.05, 4.69) is 10.6 Å². The molecule has 1 heterocycles. The van der Waals surface area contributed by atoms with E-state index >= 15 is 0 Å². The fourth-order valence-electron chi connectivity index (χ4n) is 2.15. The summed E-state index contributed by atoms with van der Waals surface area (Å²) in [6.07, 6.45) is 6.39. The summed E-state index contributed by atoms with van der Waals surface area (Å²) < 4.78 is 0. The summed E-state index contributed by atoms with van der Waals surface area (Å²) in [7, 11) is 0. The Hall–Kier alpha value is -0.610. The number of aliphatic hydroxyl groups excluding tert-OH is 1. The summed E-state index contributed by atoms with van der Waals surface area (Å²) in [6.45, 7) is 3.63. The van der Waals surface area contributed by atoms with E-state index in [1.54, 1.807) is 0 Å². The van der Waals surface area contributed by atoms with E-state index in [4.69, 9.17) is 0 Å². The summed E-state index contributed by atoms with van der Waals surface area (Å²) >= 11 is 0. The van der Waals surface area contributed by atoms with Gasteiger partial charge in [-0.15, -0.1) is 0 Å². The number of carbonyl (C=O) groups is 1. The predicted molar refractivity (Wildman–Crippen MR) is 68.8 cm³/mol. The average molecular weight is 242 g/mol. The Labute approximate surface area is 104 Å². The Morgan fingerprint density at radius 3 is 3.00 bits per heavy atom. The molecule has 17 heavy (non-hydrogen) atoms. The van der Waals surface area contributed by atoms with Crippen LogP contribution in [0.2, 0.25) is 0 Å². The molecule has 4 nitrogen and oxygen atoms in total. The van der Waals surface area contributed by atoms with Gasteiger partial charge in [0.25, 0.3) is 0 Å². The van der Waals surface area contributed by atoms with E-state index in [1.165, 1.54) is 19.3 Å². The Balaban J connectivity index is 2.00. The van der Waals surface area contributed by atoms with Crippen molar-refractivity contribution in [3.63, 3.8) is 0 Å². The van der Waals surface area contributed by atoms with Crippen LogP contribution in [0.25, 0.3) is 0 Å². The molecule has 0 saturated carbocycles. The molecule has 1 amide bonds. The van der Waals surface area contributed by atoms with Gasteiger partial charge in [-0.2, -0.15) is 0 Å². The zero-order valence-electron chi connectivity index (χ0n) is 10.9. The third-order valence-corrected chi connectivity index (χ3v) is 3.40. The summed E-state index contributed by atoms with van der Waals surface area (Å²) in [6, 6.07) is 0.524. The number of nitrogens with one attached hydrogen (secondary N) is 2. The first-order valence-electron chi connectivity index (χ1n) is 6.90. The van der Waals surface area contributed by atoms with E-state index in [1.807, 2.05) is 6.92 Å². The lowest BCUT2D eigenvalue weighted by molar-refractivity contribution is -0.121. The fourth-order valence-corrected chi connectivity index (χ4v) is 2.15. The predicted octanol–water partition coefficient (Wildman–Crippen LogP) is 1.19. The van der Waals surface area contributed by atoms with Crippen molar-refractivity contribution in [3.8, 4) is 0 Å². The number of rotatable bonds is 7. The molecule has 1 aliphatic heterocycles. The van der Waals surface area contributed by atoms with Gasteiger partial charge in [0.1, 0.15) is 0 Å². The van der Waals surface area contributed by atoms with Gasteiger partial charge in [0, 0.05) is 19.0 Å². The molecule has 3 N–H and O–H groups in total. The molecule has 2 atom stereocenters. The van der Waals surface area contributed by atoms with E-state index < -0.39 is 0 Å². The Bertz CT molecular complexity index is 215. The lowest BCUT2D eigenvalue weighted by Gasteiger charge is -2.23. The van der Waals surface area contributed by atoms with E-state index in [0.717, 1.165) is 19.4 Å². The molecule has 0 aromatic heterocycles. The first kappa shape index (κ1) is 14.5. The van der Waals surface area contributed by atoms with E-state index in [-0.39, 0.29) is 12.0 Å². The Morgan fingerprint density at radius 1 is 1.53 bits per heavy atom. The molecule has 4 heteroatoms. The van der Waals surface area contributed by atoms with Crippen LogP contribution in [0.1, 0.15) is 51.9 Å². The number of piperidine rings is 1. The van der Waals surface area contributed by atoms with Crippen LogP contribution in [-0.2, 0) is 4.79 Å². The highest BCUT2D eigenvalue weighted by molar-refractivity contribution is 5.75. The van der Waals surface area contributed by atoms with Gasteiger partial charge >= 0.3 is 0 Å². The first-order valence-corrected chi connectivity index (χ1v) is 6.90. The second kappa shape index (κ2) is 8.48. The molecule has 0 radical (unpaired) electrons. The molecular formula is C13H26N2O2. The minimum Gasteiger partial charge on any atom is -0.393 e. The van der Waals surface area contributed by atoms with Crippen LogP contribution in [0.15, 0.2) is 0 Å². The van der Waals surface area contributed by atoms with E-state index in [0.29, 0.717) is 25.4 Å². The number of carbonyl (C=O) groups excluding carboxylic acids is 1. The highest BCUT2D eigenvalue weighted by Crippen LogP contribution is 2.11. The molecule has 1 aliphatic rings. The zero-order valence-corrected chi connectivity index (χ0v) is 10.9. The molecule has 0 aromatic carbocycles. The van der Waals surface area contributed by atoms with Crippen LogP contribution in [0.3, 0.4) is 0 Å². The second-order valence-corrected chi connectivity index (χ2v) is 4.89. The number of amides is 1. The number of aliphatic hydroxyl groups is 1. The minimum atomic E-state index is -0.282. The smallest absolute Gasteiger partial charge is 0.220 e. The molecule has 0 bridgehead atoms. The van der Waals surface area contributed by atoms with Crippen molar-refractivity contribution in [2.45, 2.75) is 64.0 Å². The van der Waals surface area contributed by atoms with Crippen molar-refractivity contribution in [3.05, 3.63) is 0 Å². The van der Waals surface area contributed by atoms with Gasteiger partial charge in [-0.1, -0.05) is 13.3 Å². The highest BCUT2D eigenvalue weighted by atomic mass is 16.3. The van der Waals surface area contributed by atoms with Crippen molar-refractivity contribution in [2.24, 2.45) is 0 Å². The molecule has 1 rings (SSSR count). The maximum atomic E-state index is 11.5. The van der Waals surface area contributed by atoms with Crippen molar-refractivity contribution in [1.82, 2.24) is 10.6 Å². The summed E-state index contributed by atoms with van der Waals surface area (Å²) in [4.78, 5) is 11.5. The Morgan fingerprint density at radius 2 is 2.35 bits per heavy atom. The largest absolute Gasteiger partial charge is 0.393 e. The first-order chi connectivity index (χ1) is 8.22. The van der Waals surface area contributed by atoms with Crippen LogP contribution in [0.5, 0.6) is 0 Å². The maximum Gasteiger partial charge on any atom is 0.220 e.